The van der Waals surface area contributed by atoms with E-state index in [4.69, 9.17) is 4.74 Å². The van der Waals surface area contributed by atoms with Crippen LogP contribution in [0.5, 0.6) is 0 Å². The Bertz CT molecular complexity index is 602. The second-order valence-corrected chi connectivity index (χ2v) is 4.75. The lowest BCUT2D eigenvalue weighted by Crippen LogP contribution is -2.43. The third-order valence-corrected chi connectivity index (χ3v) is 3.56. The molecule has 1 amide bonds. The van der Waals surface area contributed by atoms with Gasteiger partial charge in [0.25, 0.3) is 5.91 Å². The molecule has 0 spiro atoms. The topological polar surface area (TPSA) is 72.6 Å². The Morgan fingerprint density at radius 2 is 2.37 bits per heavy atom. The number of aromatic nitrogens is 3. The molecule has 2 aromatic rings. The highest BCUT2D eigenvalue weighted by Crippen LogP contribution is 2.12. The molecule has 2 aromatic heterocycles. The van der Waals surface area contributed by atoms with Crippen molar-refractivity contribution in [2.75, 3.05) is 20.2 Å². The number of ether oxygens (including phenoxy) is 1. The van der Waals surface area contributed by atoms with E-state index in [9.17, 15) is 4.79 Å². The summed E-state index contributed by atoms with van der Waals surface area (Å²) in [5.41, 5.74) is 1.37. The fraction of sp³-hybridized carbons (Fsp3) is 0.500. The molecule has 0 radical (unpaired) electrons. The van der Waals surface area contributed by atoms with Gasteiger partial charge in [-0.3, -0.25) is 4.79 Å². The van der Waals surface area contributed by atoms with Crippen LogP contribution >= 0.6 is 0 Å². The molecule has 0 aromatic carbocycles. The normalized spacial score (nSPS) is 23.1. The number of methoxy groups -OCH3 is 1. The highest BCUT2D eigenvalue weighted by atomic mass is 16.5. The number of hydrogen-bond acceptors (Lipinski definition) is 4. The lowest BCUT2D eigenvalue weighted by Gasteiger charge is -2.18. The highest BCUT2D eigenvalue weighted by Gasteiger charge is 2.29. The third kappa shape index (κ3) is 2.00. The molecule has 1 aliphatic heterocycles. The largest absolute Gasteiger partial charge is 0.378 e. The Kier molecular flexibility index (Phi) is 3.00. The van der Waals surface area contributed by atoms with Crippen molar-refractivity contribution in [2.24, 2.45) is 7.05 Å². The minimum atomic E-state index is -0.118. The van der Waals surface area contributed by atoms with E-state index in [-0.39, 0.29) is 18.1 Å². The molecule has 2 N–H and O–H groups in total. The number of hydrogen-bond donors (Lipinski definition) is 2. The van der Waals surface area contributed by atoms with E-state index in [1.807, 2.05) is 24.0 Å². The van der Waals surface area contributed by atoms with Crippen LogP contribution in [0.15, 0.2) is 18.6 Å². The van der Waals surface area contributed by atoms with Gasteiger partial charge in [-0.15, -0.1) is 0 Å². The molecule has 1 aliphatic rings. The second kappa shape index (κ2) is 4.67. The summed E-state index contributed by atoms with van der Waals surface area (Å²) in [4.78, 5) is 12.3. The standard InChI is InChI=1S/C12H17N5O2/c1-16-3-4-17-12(16)8(5-14-17)11(18)15-9-6-13-7-10(9)19-2/h3-5,9-10,13H,6-7H2,1-2H3,(H,15,18)/t9-,10-/m0/s1. The van der Waals surface area contributed by atoms with Crippen LogP contribution in [-0.4, -0.2) is 52.4 Å². The number of carbonyl (C=O) groups is 1. The smallest absolute Gasteiger partial charge is 0.257 e. The summed E-state index contributed by atoms with van der Waals surface area (Å²) < 4.78 is 8.90. The predicted octanol–water partition coefficient (Wildman–Crippen LogP) is -0.611. The minimum Gasteiger partial charge on any atom is -0.378 e. The van der Waals surface area contributed by atoms with Crippen molar-refractivity contribution < 1.29 is 9.53 Å². The molecule has 0 bridgehead atoms. The predicted molar refractivity (Wildman–Crippen MR) is 69.1 cm³/mol. The monoisotopic (exact) mass is 263 g/mol. The average molecular weight is 263 g/mol. The van der Waals surface area contributed by atoms with Crippen molar-refractivity contribution in [3.63, 3.8) is 0 Å². The van der Waals surface area contributed by atoms with Crippen molar-refractivity contribution in [1.29, 1.82) is 0 Å². The van der Waals surface area contributed by atoms with E-state index in [1.54, 1.807) is 17.8 Å². The maximum absolute atomic E-state index is 12.3. The molecule has 7 heteroatoms. The van der Waals surface area contributed by atoms with Gasteiger partial charge in [0.2, 0.25) is 0 Å². The molecular weight excluding hydrogens is 246 g/mol. The van der Waals surface area contributed by atoms with Gasteiger partial charge in [0.15, 0.2) is 0 Å². The number of nitrogens with one attached hydrogen (secondary N) is 2. The fourth-order valence-electron chi connectivity index (χ4n) is 2.50. The van der Waals surface area contributed by atoms with E-state index >= 15 is 0 Å². The summed E-state index contributed by atoms with van der Waals surface area (Å²) in [7, 11) is 3.55. The number of amides is 1. The van der Waals surface area contributed by atoms with Crippen LogP contribution in [0.25, 0.3) is 5.65 Å². The number of fused-ring (bicyclic) bond motifs is 1. The zero-order valence-electron chi connectivity index (χ0n) is 11.0. The van der Waals surface area contributed by atoms with E-state index in [0.717, 1.165) is 18.7 Å². The number of nitrogens with zero attached hydrogens (tertiary/aromatic N) is 3. The lowest BCUT2D eigenvalue weighted by molar-refractivity contribution is 0.0780. The molecular formula is C12H17N5O2. The van der Waals surface area contributed by atoms with Crippen LogP contribution in [-0.2, 0) is 11.8 Å². The summed E-state index contributed by atoms with van der Waals surface area (Å²) in [5.74, 6) is -0.118. The van der Waals surface area contributed by atoms with Gasteiger partial charge in [-0.25, -0.2) is 4.52 Å². The SMILES string of the molecule is CO[C@H]1CNC[C@@H]1NC(=O)c1cnn2ccn(C)c12. The Morgan fingerprint density at radius 3 is 3.16 bits per heavy atom. The van der Waals surface area contributed by atoms with Gasteiger partial charge in [-0.05, 0) is 0 Å². The van der Waals surface area contributed by atoms with E-state index in [0.29, 0.717) is 5.56 Å². The Balaban J connectivity index is 1.82. The maximum Gasteiger partial charge on any atom is 0.257 e. The molecule has 0 unspecified atom stereocenters. The van der Waals surface area contributed by atoms with Crippen LogP contribution in [0, 0.1) is 0 Å². The van der Waals surface area contributed by atoms with Crippen molar-refractivity contribution in [3.8, 4) is 0 Å². The summed E-state index contributed by atoms with van der Waals surface area (Å²) in [6.07, 6.45) is 5.30. The molecule has 2 atom stereocenters. The van der Waals surface area contributed by atoms with Crippen molar-refractivity contribution in [3.05, 3.63) is 24.2 Å². The van der Waals surface area contributed by atoms with Crippen LogP contribution in [0.4, 0.5) is 0 Å². The molecule has 19 heavy (non-hydrogen) atoms. The number of carbonyl (C=O) groups excluding carboxylic acids is 1. The zero-order valence-corrected chi connectivity index (χ0v) is 11.0. The van der Waals surface area contributed by atoms with Gasteiger partial charge in [-0.1, -0.05) is 0 Å². The molecule has 3 rings (SSSR count). The molecule has 0 aliphatic carbocycles. The maximum atomic E-state index is 12.3. The van der Waals surface area contributed by atoms with E-state index in [2.05, 4.69) is 15.7 Å². The Morgan fingerprint density at radius 1 is 1.53 bits per heavy atom. The van der Waals surface area contributed by atoms with Gasteiger partial charge in [-0.2, -0.15) is 5.10 Å². The first-order valence-electron chi connectivity index (χ1n) is 6.23. The summed E-state index contributed by atoms with van der Waals surface area (Å²) in [6.45, 7) is 1.48. The zero-order chi connectivity index (χ0) is 13.4. The lowest BCUT2D eigenvalue weighted by atomic mass is 10.2. The first kappa shape index (κ1) is 12.2. The second-order valence-electron chi connectivity index (χ2n) is 4.75. The molecule has 7 nitrogen and oxygen atoms in total. The van der Waals surface area contributed by atoms with Crippen LogP contribution in [0.3, 0.4) is 0 Å². The van der Waals surface area contributed by atoms with Gasteiger partial charge in [0.05, 0.1) is 18.3 Å². The Labute approximate surface area is 110 Å². The summed E-state index contributed by atoms with van der Waals surface area (Å²) in [6, 6.07) is -0.00674. The summed E-state index contributed by atoms with van der Waals surface area (Å²) in [5, 5.41) is 10.4. The molecule has 3 heterocycles. The third-order valence-electron chi connectivity index (χ3n) is 3.56. The van der Waals surface area contributed by atoms with Crippen LogP contribution in [0.1, 0.15) is 10.4 Å². The Hall–Kier alpha value is -1.86. The highest BCUT2D eigenvalue weighted by molar-refractivity contribution is 6.00. The summed E-state index contributed by atoms with van der Waals surface area (Å²) >= 11 is 0. The van der Waals surface area contributed by atoms with Crippen molar-refractivity contribution in [2.45, 2.75) is 12.1 Å². The number of imidazole rings is 1. The van der Waals surface area contributed by atoms with Crippen molar-refractivity contribution in [1.82, 2.24) is 24.8 Å². The molecule has 1 fully saturated rings. The minimum absolute atomic E-state index is 0.00674. The van der Waals surface area contributed by atoms with E-state index < -0.39 is 0 Å². The van der Waals surface area contributed by atoms with Crippen LogP contribution in [0.2, 0.25) is 0 Å². The van der Waals surface area contributed by atoms with Crippen LogP contribution < -0.4 is 10.6 Å². The van der Waals surface area contributed by atoms with Gasteiger partial charge >= 0.3 is 0 Å². The van der Waals surface area contributed by atoms with Gasteiger partial charge < -0.3 is 19.9 Å². The quantitative estimate of drug-likeness (QED) is 0.775. The number of rotatable bonds is 3. The first-order valence-corrected chi connectivity index (χ1v) is 6.23. The van der Waals surface area contributed by atoms with E-state index in [1.165, 1.54) is 0 Å². The molecule has 102 valence electrons. The fourth-order valence-corrected chi connectivity index (χ4v) is 2.50. The average Bonchev–Trinajstić information content (AvgIpc) is 3.07. The van der Waals surface area contributed by atoms with Crippen molar-refractivity contribution >= 4 is 11.6 Å². The molecule has 0 saturated carbocycles. The molecule has 1 saturated heterocycles. The number of aryl methyl sites for hydroxylation is 1. The van der Waals surface area contributed by atoms with Gasteiger partial charge in [0, 0.05) is 39.6 Å². The van der Waals surface area contributed by atoms with Gasteiger partial charge in [0.1, 0.15) is 11.2 Å². The first-order chi connectivity index (χ1) is 9.20.